The van der Waals surface area contributed by atoms with Gasteiger partial charge in [-0.1, -0.05) is 31.2 Å². The molecule has 2 aromatic carbocycles. The Labute approximate surface area is 219 Å². The Bertz CT molecular complexity index is 1550. The standard InChI is InChI=1S/C29H27N3O6/c1-15-21(26(29(36)37)32-25(15)23(16(2)33)28(32)35)13-38-22-6-4-5-19-24(22)18-8-7-17(11-20(18)27(19)34)12-31-10-9-30(3)14-31/h4-11,14-16,23,25,33H,12-13H2,1-3H3/t15-,16?,23?,25?/m0/s1. The van der Waals surface area contributed by atoms with E-state index in [1.54, 1.807) is 18.2 Å². The van der Waals surface area contributed by atoms with Crippen molar-refractivity contribution < 1.29 is 33.9 Å². The lowest BCUT2D eigenvalue weighted by Crippen LogP contribution is -2.64. The lowest BCUT2D eigenvalue weighted by atomic mass is 9.78. The number of aryl methyl sites for hydroxylation is 1. The molecule has 3 aromatic rings. The number of aliphatic hydroxyl groups excluding tert-OH is 1. The molecule has 3 heterocycles. The van der Waals surface area contributed by atoms with Gasteiger partial charge in [-0.2, -0.15) is 0 Å². The van der Waals surface area contributed by atoms with Gasteiger partial charge in [0.05, 0.1) is 36.8 Å². The largest absolute Gasteiger partial charge is 0.543 e. The van der Waals surface area contributed by atoms with Crippen molar-refractivity contribution in [2.75, 3.05) is 6.61 Å². The number of β-lactam (4-membered cyclic amide) rings is 1. The summed E-state index contributed by atoms with van der Waals surface area (Å²) in [5.74, 6) is -2.48. The second-order valence-corrected chi connectivity index (χ2v) is 10.3. The molecular weight excluding hydrogens is 486 g/mol. The molecule has 9 heteroatoms. The number of amides is 1. The normalized spacial score (nSPS) is 22.2. The number of aromatic nitrogens is 2. The van der Waals surface area contributed by atoms with E-state index < -0.39 is 29.9 Å². The number of imidazole rings is 1. The Morgan fingerprint density at radius 3 is 2.66 bits per heavy atom. The first-order chi connectivity index (χ1) is 18.2. The molecule has 1 amide bonds. The average molecular weight is 514 g/mol. The van der Waals surface area contributed by atoms with Crippen LogP contribution < -0.4 is 14.4 Å². The highest BCUT2D eigenvalue weighted by Gasteiger charge is 2.58. The van der Waals surface area contributed by atoms with Gasteiger partial charge in [0.2, 0.25) is 12.2 Å². The molecular formula is C29H27N3O6. The minimum absolute atomic E-state index is 0.0833. The van der Waals surface area contributed by atoms with Crippen LogP contribution in [0.25, 0.3) is 11.1 Å². The lowest BCUT2D eigenvalue weighted by molar-refractivity contribution is -0.671. The molecule has 0 spiro atoms. The predicted octanol–water partition coefficient (Wildman–Crippen LogP) is 0.813. The number of hydrogen-bond donors (Lipinski definition) is 1. The van der Waals surface area contributed by atoms with Crippen molar-refractivity contribution in [2.24, 2.45) is 18.9 Å². The maximum absolute atomic E-state index is 13.3. The van der Waals surface area contributed by atoms with Crippen LogP contribution in [-0.4, -0.2) is 51.0 Å². The number of carbonyl (C=O) groups excluding carboxylic acids is 3. The summed E-state index contributed by atoms with van der Waals surface area (Å²) in [6.07, 6.45) is 5.00. The van der Waals surface area contributed by atoms with E-state index in [2.05, 4.69) is 0 Å². The van der Waals surface area contributed by atoms with Gasteiger partial charge in [-0.15, -0.1) is 0 Å². The molecule has 2 aliphatic heterocycles. The van der Waals surface area contributed by atoms with E-state index >= 15 is 0 Å². The number of carbonyl (C=O) groups is 3. The van der Waals surface area contributed by atoms with Crippen LogP contribution in [0.3, 0.4) is 0 Å². The number of rotatable bonds is 7. The zero-order valence-electron chi connectivity index (χ0n) is 21.2. The van der Waals surface area contributed by atoms with Gasteiger partial charge in [-0.05, 0) is 35.8 Å². The third kappa shape index (κ3) is 3.49. The average Bonchev–Trinajstić information content (AvgIpc) is 3.49. The molecule has 0 radical (unpaired) electrons. The summed E-state index contributed by atoms with van der Waals surface area (Å²) < 4.78 is 10.1. The Kier molecular flexibility index (Phi) is 5.50. The first kappa shape index (κ1) is 24.1. The summed E-state index contributed by atoms with van der Waals surface area (Å²) in [5.41, 5.74) is 3.82. The smallest absolute Gasteiger partial charge is 0.243 e. The summed E-state index contributed by atoms with van der Waals surface area (Å²) in [5, 5.41) is 22.1. The molecule has 194 valence electrons. The SMILES string of the molecule is CC(O)C1C(=O)N2C(C(=O)[O-])=C(COc3cccc4c3-c3ccc(Cn5cc[n+](C)c5)cc3C4=O)[C@H](C)C12. The van der Waals surface area contributed by atoms with Crippen LogP contribution >= 0.6 is 0 Å². The molecule has 1 fully saturated rings. The predicted molar refractivity (Wildman–Crippen MR) is 133 cm³/mol. The monoisotopic (exact) mass is 513 g/mol. The van der Waals surface area contributed by atoms with E-state index in [0.29, 0.717) is 34.6 Å². The van der Waals surface area contributed by atoms with Gasteiger partial charge in [0, 0.05) is 22.6 Å². The summed E-state index contributed by atoms with van der Waals surface area (Å²) in [7, 11) is 1.95. The number of fused-ring (bicyclic) bond motifs is 4. The molecule has 3 aliphatic rings. The zero-order chi connectivity index (χ0) is 26.9. The van der Waals surface area contributed by atoms with Gasteiger partial charge < -0.3 is 24.6 Å². The van der Waals surface area contributed by atoms with Crippen LogP contribution in [0.5, 0.6) is 5.75 Å². The molecule has 6 rings (SSSR count). The van der Waals surface area contributed by atoms with Crippen molar-refractivity contribution in [3.8, 4) is 16.9 Å². The maximum Gasteiger partial charge on any atom is 0.243 e. The first-order valence-corrected chi connectivity index (χ1v) is 12.6. The minimum Gasteiger partial charge on any atom is -0.543 e. The van der Waals surface area contributed by atoms with E-state index in [0.717, 1.165) is 11.1 Å². The van der Waals surface area contributed by atoms with Crippen molar-refractivity contribution in [3.05, 3.63) is 83.1 Å². The van der Waals surface area contributed by atoms with Crippen LogP contribution in [-0.2, 0) is 23.2 Å². The molecule has 1 saturated heterocycles. The van der Waals surface area contributed by atoms with Crippen LogP contribution in [0.2, 0.25) is 0 Å². The van der Waals surface area contributed by atoms with Gasteiger partial charge in [-0.25, -0.2) is 9.13 Å². The second-order valence-electron chi connectivity index (χ2n) is 10.3. The van der Waals surface area contributed by atoms with E-state index in [4.69, 9.17) is 4.74 Å². The zero-order valence-corrected chi connectivity index (χ0v) is 21.2. The molecule has 3 unspecified atom stereocenters. The number of carboxylic acids is 1. The third-order valence-electron chi connectivity index (χ3n) is 7.95. The van der Waals surface area contributed by atoms with E-state index in [1.165, 1.54) is 11.8 Å². The van der Waals surface area contributed by atoms with Crippen molar-refractivity contribution in [2.45, 2.75) is 32.5 Å². The highest BCUT2D eigenvalue weighted by atomic mass is 16.5. The first-order valence-electron chi connectivity index (χ1n) is 12.6. The number of ether oxygens (including phenoxy) is 1. The Balaban J connectivity index is 1.30. The number of aliphatic carboxylic acids is 1. The minimum atomic E-state index is -1.45. The summed E-state index contributed by atoms with van der Waals surface area (Å²) in [6.45, 7) is 3.91. The van der Waals surface area contributed by atoms with Crippen molar-refractivity contribution >= 4 is 17.7 Å². The molecule has 9 nitrogen and oxygen atoms in total. The molecule has 1 N–H and O–H groups in total. The van der Waals surface area contributed by atoms with Crippen molar-refractivity contribution in [3.63, 3.8) is 0 Å². The Hall–Kier alpha value is -4.24. The molecule has 0 saturated carbocycles. The number of nitrogens with zero attached hydrogens (tertiary/aromatic N) is 3. The molecule has 1 aliphatic carbocycles. The number of carboxylic acid groups (broad SMARTS) is 1. The number of hydrogen-bond acceptors (Lipinski definition) is 6. The van der Waals surface area contributed by atoms with Crippen LogP contribution in [0.1, 0.15) is 35.3 Å². The topological polar surface area (TPSA) is 116 Å². The van der Waals surface area contributed by atoms with Crippen LogP contribution in [0.15, 0.2) is 66.4 Å². The van der Waals surface area contributed by atoms with Gasteiger partial charge in [0.15, 0.2) is 5.78 Å². The molecule has 4 atom stereocenters. The molecule has 1 aromatic heterocycles. The van der Waals surface area contributed by atoms with E-state index in [1.807, 2.05) is 60.0 Å². The fraction of sp³-hybridized carbons (Fsp3) is 0.310. The van der Waals surface area contributed by atoms with Crippen molar-refractivity contribution in [1.82, 2.24) is 9.47 Å². The summed E-state index contributed by atoms with van der Waals surface area (Å²) in [4.78, 5) is 39.1. The second kappa shape index (κ2) is 8.66. The number of ketones is 1. The summed E-state index contributed by atoms with van der Waals surface area (Å²) in [6, 6.07) is 10.6. The van der Waals surface area contributed by atoms with Gasteiger partial charge >= 0.3 is 0 Å². The molecule has 38 heavy (non-hydrogen) atoms. The van der Waals surface area contributed by atoms with Gasteiger partial charge in [0.25, 0.3) is 0 Å². The fourth-order valence-electron chi connectivity index (χ4n) is 6.14. The highest BCUT2D eigenvalue weighted by molar-refractivity contribution is 6.22. The summed E-state index contributed by atoms with van der Waals surface area (Å²) >= 11 is 0. The van der Waals surface area contributed by atoms with Crippen LogP contribution in [0, 0.1) is 11.8 Å². The van der Waals surface area contributed by atoms with Gasteiger partial charge in [-0.3, -0.25) is 9.59 Å². The van der Waals surface area contributed by atoms with Crippen LogP contribution in [0.4, 0.5) is 0 Å². The lowest BCUT2D eigenvalue weighted by Gasteiger charge is -2.47. The van der Waals surface area contributed by atoms with Gasteiger partial charge in [0.1, 0.15) is 31.3 Å². The van der Waals surface area contributed by atoms with Crippen molar-refractivity contribution in [1.29, 1.82) is 0 Å². The highest BCUT2D eigenvalue weighted by Crippen LogP contribution is 2.48. The quantitative estimate of drug-likeness (QED) is 0.289. The Morgan fingerprint density at radius 2 is 1.97 bits per heavy atom. The molecule has 0 bridgehead atoms. The Morgan fingerprint density at radius 1 is 1.18 bits per heavy atom. The fourth-order valence-corrected chi connectivity index (χ4v) is 6.14. The number of aliphatic hydroxyl groups is 1. The maximum atomic E-state index is 13.3. The third-order valence-corrected chi connectivity index (χ3v) is 7.95. The number of benzene rings is 2. The van der Waals surface area contributed by atoms with E-state index in [-0.39, 0.29) is 24.0 Å². The van der Waals surface area contributed by atoms with E-state index in [9.17, 15) is 24.6 Å².